The molecule has 18 heavy (non-hydrogen) atoms. The summed E-state index contributed by atoms with van der Waals surface area (Å²) in [6.07, 6.45) is 1.88. The molecule has 0 aliphatic heterocycles. The molecular formula is C13H16Cl2N2O. The van der Waals surface area contributed by atoms with Crippen LogP contribution >= 0.6 is 24.0 Å². The first-order chi connectivity index (χ1) is 8.16. The Morgan fingerprint density at radius 2 is 1.94 bits per heavy atom. The van der Waals surface area contributed by atoms with Gasteiger partial charge in [0.1, 0.15) is 0 Å². The first-order valence-corrected chi connectivity index (χ1v) is 5.94. The number of nitrogens with zero attached hydrogens (tertiary/aromatic N) is 1. The largest absolute Gasteiger partial charge is 0.372 e. The van der Waals surface area contributed by atoms with E-state index in [4.69, 9.17) is 16.3 Å². The molecule has 1 N–H and O–H groups in total. The van der Waals surface area contributed by atoms with Crippen molar-refractivity contribution in [3.8, 4) is 11.3 Å². The van der Waals surface area contributed by atoms with Crippen LogP contribution < -0.4 is 0 Å². The predicted molar refractivity (Wildman–Crippen MR) is 76.2 cm³/mol. The summed E-state index contributed by atoms with van der Waals surface area (Å²) in [5.41, 5.74) is 2.97. The Hall–Kier alpha value is -1.03. The third kappa shape index (κ3) is 3.73. The zero-order valence-electron chi connectivity index (χ0n) is 10.3. The Morgan fingerprint density at radius 1 is 1.28 bits per heavy atom. The van der Waals surface area contributed by atoms with Gasteiger partial charge in [-0.15, -0.1) is 12.4 Å². The fourth-order valence-corrected chi connectivity index (χ4v) is 1.67. The number of imidazole rings is 1. The maximum Gasteiger partial charge on any atom is 0.0929 e. The van der Waals surface area contributed by atoms with Gasteiger partial charge in [0.25, 0.3) is 0 Å². The number of hydrogen-bond donors (Lipinski definition) is 1. The van der Waals surface area contributed by atoms with Gasteiger partial charge >= 0.3 is 0 Å². The van der Waals surface area contributed by atoms with Crippen molar-refractivity contribution in [1.82, 2.24) is 9.97 Å². The number of H-pyrrole nitrogens is 1. The fourth-order valence-electron chi connectivity index (χ4n) is 1.54. The van der Waals surface area contributed by atoms with Crippen molar-refractivity contribution >= 4 is 24.0 Å². The number of hydrogen-bond acceptors (Lipinski definition) is 2. The van der Waals surface area contributed by atoms with E-state index in [2.05, 4.69) is 9.97 Å². The maximum absolute atomic E-state index is 5.87. The van der Waals surface area contributed by atoms with E-state index >= 15 is 0 Å². The van der Waals surface area contributed by atoms with Crippen molar-refractivity contribution in [3.05, 3.63) is 41.3 Å². The van der Waals surface area contributed by atoms with Gasteiger partial charge in [-0.05, 0) is 26.0 Å². The second kappa shape index (κ2) is 6.78. The summed E-state index contributed by atoms with van der Waals surface area (Å²) in [5, 5.41) is 0.730. The van der Waals surface area contributed by atoms with Gasteiger partial charge in [0.15, 0.2) is 0 Å². The Morgan fingerprint density at radius 3 is 2.56 bits per heavy atom. The standard InChI is InChI=1S/C13H15ClN2O.ClH/c1-9(2)17-7-12-13(16-8-15-12)10-3-5-11(14)6-4-10;/h3-6,8-9H,7H2,1-2H3,(H,15,16);1H. The second-order valence-corrected chi connectivity index (χ2v) is 4.53. The zero-order valence-corrected chi connectivity index (χ0v) is 11.9. The van der Waals surface area contributed by atoms with Crippen molar-refractivity contribution in [2.45, 2.75) is 26.6 Å². The van der Waals surface area contributed by atoms with Crippen molar-refractivity contribution < 1.29 is 4.74 Å². The summed E-state index contributed by atoms with van der Waals surface area (Å²) in [6.45, 7) is 4.53. The summed E-state index contributed by atoms with van der Waals surface area (Å²) >= 11 is 5.87. The van der Waals surface area contributed by atoms with E-state index in [1.165, 1.54) is 0 Å². The van der Waals surface area contributed by atoms with Gasteiger partial charge in [0.2, 0.25) is 0 Å². The van der Waals surface area contributed by atoms with E-state index in [1.54, 1.807) is 6.33 Å². The summed E-state index contributed by atoms with van der Waals surface area (Å²) in [5.74, 6) is 0. The van der Waals surface area contributed by atoms with E-state index in [1.807, 2.05) is 38.1 Å². The van der Waals surface area contributed by atoms with Gasteiger partial charge in [-0.25, -0.2) is 4.98 Å². The molecule has 0 unspecified atom stereocenters. The van der Waals surface area contributed by atoms with Crippen LogP contribution in [0.15, 0.2) is 30.6 Å². The molecule has 0 spiro atoms. The Balaban J connectivity index is 0.00000162. The van der Waals surface area contributed by atoms with Crippen LogP contribution in [-0.4, -0.2) is 16.1 Å². The number of aromatic nitrogens is 2. The van der Waals surface area contributed by atoms with E-state index in [0.717, 1.165) is 22.0 Å². The monoisotopic (exact) mass is 286 g/mol. The number of benzene rings is 1. The third-order valence-electron chi connectivity index (χ3n) is 2.40. The van der Waals surface area contributed by atoms with E-state index in [-0.39, 0.29) is 18.5 Å². The van der Waals surface area contributed by atoms with E-state index in [0.29, 0.717) is 6.61 Å². The quantitative estimate of drug-likeness (QED) is 0.920. The number of aromatic amines is 1. The van der Waals surface area contributed by atoms with Gasteiger partial charge in [-0.3, -0.25) is 0 Å². The van der Waals surface area contributed by atoms with Gasteiger partial charge in [0.05, 0.1) is 30.4 Å². The lowest BCUT2D eigenvalue weighted by Crippen LogP contribution is -2.03. The highest BCUT2D eigenvalue weighted by Crippen LogP contribution is 2.22. The SMILES string of the molecule is CC(C)OCc1nc[nH]c1-c1ccc(Cl)cc1.Cl. The molecule has 5 heteroatoms. The van der Waals surface area contributed by atoms with Crippen LogP contribution in [0.25, 0.3) is 11.3 Å². The molecule has 98 valence electrons. The van der Waals surface area contributed by atoms with Crippen LogP contribution in [0.5, 0.6) is 0 Å². The molecule has 0 atom stereocenters. The Kier molecular flexibility index (Phi) is 5.66. The maximum atomic E-state index is 5.87. The Labute approximate surface area is 118 Å². The third-order valence-corrected chi connectivity index (χ3v) is 2.66. The fraction of sp³-hybridized carbons (Fsp3) is 0.308. The van der Waals surface area contributed by atoms with E-state index in [9.17, 15) is 0 Å². The minimum atomic E-state index is 0. The minimum Gasteiger partial charge on any atom is -0.372 e. The average molecular weight is 287 g/mol. The highest BCUT2D eigenvalue weighted by Gasteiger charge is 2.08. The molecule has 0 bridgehead atoms. The minimum absolute atomic E-state index is 0. The lowest BCUT2D eigenvalue weighted by molar-refractivity contribution is 0.0641. The lowest BCUT2D eigenvalue weighted by Gasteiger charge is -2.07. The molecule has 0 radical (unpaired) electrons. The molecule has 1 heterocycles. The van der Waals surface area contributed by atoms with Crippen LogP contribution in [0.3, 0.4) is 0 Å². The van der Waals surface area contributed by atoms with Crippen molar-refractivity contribution in [3.63, 3.8) is 0 Å². The molecule has 0 fully saturated rings. The summed E-state index contributed by atoms with van der Waals surface area (Å²) in [6, 6.07) is 7.67. The molecule has 2 rings (SSSR count). The number of nitrogens with one attached hydrogen (secondary N) is 1. The molecule has 0 saturated carbocycles. The van der Waals surface area contributed by atoms with Crippen LogP contribution in [-0.2, 0) is 11.3 Å². The topological polar surface area (TPSA) is 37.9 Å². The van der Waals surface area contributed by atoms with Crippen LogP contribution in [0.1, 0.15) is 19.5 Å². The molecular weight excluding hydrogens is 271 g/mol. The van der Waals surface area contributed by atoms with Crippen LogP contribution in [0.2, 0.25) is 5.02 Å². The first-order valence-electron chi connectivity index (χ1n) is 5.56. The second-order valence-electron chi connectivity index (χ2n) is 4.09. The number of rotatable bonds is 4. The lowest BCUT2D eigenvalue weighted by atomic mass is 10.1. The highest BCUT2D eigenvalue weighted by molar-refractivity contribution is 6.30. The molecule has 0 saturated heterocycles. The Bertz CT molecular complexity index is 480. The molecule has 2 aromatic rings. The smallest absolute Gasteiger partial charge is 0.0929 e. The summed E-state index contributed by atoms with van der Waals surface area (Å²) < 4.78 is 5.56. The normalized spacial score (nSPS) is 10.4. The van der Waals surface area contributed by atoms with Gasteiger partial charge in [-0.1, -0.05) is 23.7 Å². The average Bonchev–Trinajstić information content (AvgIpc) is 2.75. The van der Waals surface area contributed by atoms with Crippen molar-refractivity contribution in [2.75, 3.05) is 0 Å². The van der Waals surface area contributed by atoms with Crippen LogP contribution in [0, 0.1) is 0 Å². The highest BCUT2D eigenvalue weighted by atomic mass is 35.5. The molecule has 1 aromatic heterocycles. The molecule has 0 amide bonds. The van der Waals surface area contributed by atoms with Gasteiger partial charge in [-0.2, -0.15) is 0 Å². The van der Waals surface area contributed by atoms with Crippen molar-refractivity contribution in [1.29, 1.82) is 0 Å². The molecule has 3 nitrogen and oxygen atoms in total. The van der Waals surface area contributed by atoms with E-state index < -0.39 is 0 Å². The molecule has 0 aliphatic rings. The summed E-state index contributed by atoms with van der Waals surface area (Å²) in [4.78, 5) is 7.40. The number of ether oxygens (including phenoxy) is 1. The first kappa shape index (κ1) is 15.0. The zero-order chi connectivity index (χ0) is 12.3. The van der Waals surface area contributed by atoms with Crippen LogP contribution in [0.4, 0.5) is 0 Å². The predicted octanol–water partition coefficient (Wildman–Crippen LogP) is 4.08. The summed E-state index contributed by atoms with van der Waals surface area (Å²) in [7, 11) is 0. The number of halogens is 2. The van der Waals surface area contributed by atoms with Gasteiger partial charge in [0, 0.05) is 10.6 Å². The van der Waals surface area contributed by atoms with Gasteiger partial charge < -0.3 is 9.72 Å². The van der Waals surface area contributed by atoms with Crippen molar-refractivity contribution in [2.24, 2.45) is 0 Å². The molecule has 1 aromatic carbocycles. The molecule has 0 aliphatic carbocycles.